The topological polar surface area (TPSA) is 54.5 Å². The molecule has 1 N–H and O–H groups in total. The average molecular weight is 414 g/mol. The number of hydrogen-bond donors (Lipinski definition) is 1. The highest BCUT2D eigenvalue weighted by Gasteiger charge is 2.25. The molecule has 1 aromatic rings. The fourth-order valence-corrected chi connectivity index (χ4v) is 4.68. The number of amides is 1. The van der Waals surface area contributed by atoms with Gasteiger partial charge in [0.05, 0.1) is 24.2 Å². The Balaban J connectivity index is 1.84. The SMILES string of the molecule is CCOc1ncc(NC(=O)C2CC/C=C\CCCCC2)c(N2CCCCC2)c1CC. The van der Waals surface area contributed by atoms with Crippen LogP contribution in [-0.2, 0) is 11.2 Å². The van der Waals surface area contributed by atoms with Crippen LogP contribution in [0.5, 0.6) is 5.88 Å². The van der Waals surface area contributed by atoms with Crippen molar-refractivity contribution in [3.8, 4) is 5.88 Å². The van der Waals surface area contributed by atoms with Gasteiger partial charge in [-0.3, -0.25) is 4.79 Å². The van der Waals surface area contributed by atoms with Crippen molar-refractivity contribution in [2.45, 2.75) is 84.5 Å². The number of carbonyl (C=O) groups is 1. The van der Waals surface area contributed by atoms with Crippen LogP contribution in [0.25, 0.3) is 0 Å². The van der Waals surface area contributed by atoms with Gasteiger partial charge in [0.2, 0.25) is 11.8 Å². The Morgan fingerprint density at radius 2 is 1.83 bits per heavy atom. The van der Waals surface area contributed by atoms with E-state index in [0.717, 1.165) is 62.1 Å². The first-order valence-electron chi connectivity index (χ1n) is 12.1. The lowest BCUT2D eigenvalue weighted by molar-refractivity contribution is -0.120. The molecule has 1 atom stereocenters. The molecule has 0 radical (unpaired) electrons. The van der Waals surface area contributed by atoms with E-state index in [-0.39, 0.29) is 11.8 Å². The van der Waals surface area contributed by atoms with Gasteiger partial charge in [0.25, 0.3) is 0 Å². The summed E-state index contributed by atoms with van der Waals surface area (Å²) in [6, 6.07) is 0. The van der Waals surface area contributed by atoms with Gasteiger partial charge in [0, 0.05) is 24.6 Å². The number of carbonyl (C=O) groups excluding carboxylic acids is 1. The van der Waals surface area contributed by atoms with Gasteiger partial charge in [0.15, 0.2) is 0 Å². The fraction of sp³-hybridized carbons (Fsp3) is 0.680. The Kier molecular flexibility index (Phi) is 9.03. The van der Waals surface area contributed by atoms with Gasteiger partial charge in [0.1, 0.15) is 0 Å². The Morgan fingerprint density at radius 3 is 2.60 bits per heavy atom. The number of allylic oxidation sites excluding steroid dienone is 2. The third-order valence-corrected chi connectivity index (χ3v) is 6.32. The molecule has 1 unspecified atom stereocenters. The zero-order valence-electron chi connectivity index (χ0n) is 18.9. The Morgan fingerprint density at radius 1 is 1.07 bits per heavy atom. The van der Waals surface area contributed by atoms with Crippen molar-refractivity contribution < 1.29 is 9.53 Å². The van der Waals surface area contributed by atoms with Gasteiger partial charge < -0.3 is 15.0 Å². The molecular weight excluding hydrogens is 374 g/mol. The van der Waals surface area contributed by atoms with E-state index in [1.165, 1.54) is 38.5 Å². The summed E-state index contributed by atoms with van der Waals surface area (Å²) in [5, 5.41) is 3.28. The third-order valence-electron chi connectivity index (χ3n) is 6.32. The van der Waals surface area contributed by atoms with Gasteiger partial charge in [-0.25, -0.2) is 4.98 Å². The number of hydrogen-bond acceptors (Lipinski definition) is 4. The van der Waals surface area contributed by atoms with E-state index in [4.69, 9.17) is 4.74 Å². The molecule has 1 fully saturated rings. The molecule has 5 heteroatoms. The molecule has 0 saturated carbocycles. The smallest absolute Gasteiger partial charge is 0.227 e. The van der Waals surface area contributed by atoms with Crippen LogP contribution in [0.4, 0.5) is 11.4 Å². The van der Waals surface area contributed by atoms with Crippen molar-refractivity contribution in [1.29, 1.82) is 0 Å². The van der Waals surface area contributed by atoms with Gasteiger partial charge >= 0.3 is 0 Å². The van der Waals surface area contributed by atoms with Crippen LogP contribution in [0.1, 0.15) is 83.6 Å². The molecule has 0 bridgehead atoms. The van der Waals surface area contributed by atoms with E-state index < -0.39 is 0 Å². The maximum absolute atomic E-state index is 13.3. The monoisotopic (exact) mass is 413 g/mol. The van der Waals surface area contributed by atoms with Crippen molar-refractivity contribution in [2.75, 3.05) is 29.9 Å². The zero-order valence-corrected chi connectivity index (χ0v) is 18.9. The zero-order chi connectivity index (χ0) is 21.2. The minimum Gasteiger partial charge on any atom is -0.478 e. The van der Waals surface area contributed by atoms with Gasteiger partial charge in [-0.2, -0.15) is 0 Å². The predicted octanol–water partition coefficient (Wildman–Crippen LogP) is 5.89. The number of aromatic nitrogens is 1. The van der Waals surface area contributed by atoms with E-state index in [2.05, 4.69) is 34.3 Å². The summed E-state index contributed by atoms with van der Waals surface area (Å²) >= 11 is 0. The van der Waals surface area contributed by atoms with Crippen molar-refractivity contribution in [3.05, 3.63) is 23.9 Å². The van der Waals surface area contributed by atoms with E-state index in [1.807, 2.05) is 13.1 Å². The lowest BCUT2D eigenvalue weighted by atomic mass is 9.93. The first kappa shape index (κ1) is 22.6. The summed E-state index contributed by atoms with van der Waals surface area (Å²) < 4.78 is 5.83. The second-order valence-electron chi connectivity index (χ2n) is 8.51. The molecule has 2 heterocycles. The quantitative estimate of drug-likeness (QED) is 0.591. The maximum atomic E-state index is 13.3. The molecule has 1 aliphatic heterocycles. The minimum absolute atomic E-state index is 0.0681. The lowest BCUT2D eigenvalue weighted by Gasteiger charge is -2.33. The molecule has 1 saturated heterocycles. The number of nitrogens with zero attached hydrogens (tertiary/aromatic N) is 2. The van der Waals surface area contributed by atoms with Crippen LogP contribution in [0.3, 0.4) is 0 Å². The van der Waals surface area contributed by atoms with Crippen LogP contribution in [0.15, 0.2) is 18.3 Å². The lowest BCUT2D eigenvalue weighted by Crippen LogP contribution is -2.32. The van der Waals surface area contributed by atoms with E-state index in [9.17, 15) is 4.79 Å². The fourth-order valence-electron chi connectivity index (χ4n) is 4.68. The highest BCUT2D eigenvalue weighted by Crippen LogP contribution is 2.37. The summed E-state index contributed by atoms with van der Waals surface area (Å²) in [5.74, 6) is 0.927. The maximum Gasteiger partial charge on any atom is 0.227 e. The van der Waals surface area contributed by atoms with Gasteiger partial charge in [-0.1, -0.05) is 31.9 Å². The van der Waals surface area contributed by atoms with Crippen LogP contribution in [0.2, 0.25) is 0 Å². The molecule has 5 nitrogen and oxygen atoms in total. The van der Waals surface area contributed by atoms with Crippen molar-refractivity contribution in [3.63, 3.8) is 0 Å². The molecule has 1 amide bonds. The summed E-state index contributed by atoms with van der Waals surface area (Å²) in [6.45, 7) is 6.79. The van der Waals surface area contributed by atoms with Crippen molar-refractivity contribution in [1.82, 2.24) is 4.98 Å². The first-order chi connectivity index (χ1) is 14.7. The largest absolute Gasteiger partial charge is 0.478 e. The number of pyridine rings is 1. The molecular formula is C25H39N3O2. The van der Waals surface area contributed by atoms with Crippen molar-refractivity contribution in [2.24, 2.45) is 5.92 Å². The van der Waals surface area contributed by atoms with Crippen molar-refractivity contribution >= 4 is 17.3 Å². The minimum atomic E-state index is 0.0681. The summed E-state index contributed by atoms with van der Waals surface area (Å²) in [7, 11) is 0. The molecule has 3 rings (SSSR count). The number of nitrogens with one attached hydrogen (secondary N) is 1. The highest BCUT2D eigenvalue weighted by atomic mass is 16.5. The van der Waals surface area contributed by atoms with Crippen LogP contribution in [-0.4, -0.2) is 30.6 Å². The first-order valence-corrected chi connectivity index (χ1v) is 12.1. The number of piperidine rings is 1. The third kappa shape index (κ3) is 5.99. The second-order valence-corrected chi connectivity index (χ2v) is 8.51. The highest BCUT2D eigenvalue weighted by molar-refractivity contribution is 5.96. The molecule has 0 aromatic carbocycles. The van der Waals surface area contributed by atoms with Crippen LogP contribution in [0, 0.1) is 5.92 Å². The number of ether oxygens (including phenoxy) is 1. The molecule has 166 valence electrons. The number of rotatable bonds is 6. The average Bonchev–Trinajstić information content (AvgIpc) is 2.78. The summed E-state index contributed by atoms with van der Waals surface area (Å²) in [4.78, 5) is 20.3. The predicted molar refractivity (Wildman–Crippen MR) is 124 cm³/mol. The number of anilines is 2. The molecule has 30 heavy (non-hydrogen) atoms. The Bertz CT molecular complexity index is 711. The summed E-state index contributed by atoms with van der Waals surface area (Å²) in [5.41, 5.74) is 3.10. The van der Waals surface area contributed by atoms with E-state index in [0.29, 0.717) is 12.5 Å². The standard InChI is InChI=1S/C25H39N3O2/c1-3-21-23(28-17-13-10-14-18-28)22(19-26-25(21)30-4-2)27-24(29)20-15-11-8-6-5-7-9-12-16-20/h6,8,19-20H,3-5,7,9-18H2,1-2H3,(H,27,29)/b8-6-. The molecule has 2 aliphatic rings. The molecule has 0 spiro atoms. The van der Waals surface area contributed by atoms with Crippen LogP contribution >= 0.6 is 0 Å². The molecule has 1 aromatic heterocycles. The Labute approximate surface area is 182 Å². The normalized spacial score (nSPS) is 21.7. The van der Waals surface area contributed by atoms with Crippen LogP contribution < -0.4 is 15.0 Å². The van der Waals surface area contributed by atoms with E-state index >= 15 is 0 Å². The van der Waals surface area contributed by atoms with Gasteiger partial charge in [-0.05, 0) is 64.7 Å². The Hall–Kier alpha value is -2.04. The van der Waals surface area contributed by atoms with Gasteiger partial charge in [-0.15, -0.1) is 0 Å². The molecule has 1 aliphatic carbocycles. The summed E-state index contributed by atoms with van der Waals surface area (Å²) in [6.07, 6.45) is 18.5. The van der Waals surface area contributed by atoms with E-state index in [1.54, 1.807) is 0 Å². The second kappa shape index (κ2) is 12.0.